The summed E-state index contributed by atoms with van der Waals surface area (Å²) in [5.41, 5.74) is 2.60. The number of urea groups is 1. The molecule has 5 rings (SSSR count). The topological polar surface area (TPSA) is 65.6 Å². The second-order valence-electron chi connectivity index (χ2n) is 11.4. The Bertz CT molecular complexity index is 982. The zero-order valence-corrected chi connectivity index (χ0v) is 22.0. The van der Waals surface area contributed by atoms with Gasteiger partial charge in [0.2, 0.25) is 0 Å². The van der Waals surface area contributed by atoms with Crippen molar-refractivity contribution in [1.29, 1.82) is 0 Å². The van der Waals surface area contributed by atoms with Gasteiger partial charge in [0, 0.05) is 49.8 Å². The highest BCUT2D eigenvalue weighted by atomic mass is 35.5. The van der Waals surface area contributed by atoms with Gasteiger partial charge in [0.1, 0.15) is 5.60 Å². The van der Waals surface area contributed by atoms with E-state index in [0.717, 1.165) is 49.0 Å². The number of morpholine rings is 1. The molecule has 2 unspecified atom stereocenters. The number of likely N-dealkylation sites (tertiary alicyclic amines) is 1. The van der Waals surface area contributed by atoms with Gasteiger partial charge in [-0.15, -0.1) is 0 Å². The van der Waals surface area contributed by atoms with E-state index < -0.39 is 5.60 Å². The third kappa shape index (κ3) is 4.98. The fraction of sp³-hybridized carbons (Fsp3) is 0.692. The second kappa shape index (κ2) is 9.45. The summed E-state index contributed by atoms with van der Waals surface area (Å²) in [5.74, 6) is 0. The maximum Gasteiger partial charge on any atom is 0.410 e. The van der Waals surface area contributed by atoms with Gasteiger partial charge in [-0.1, -0.05) is 11.6 Å². The standard InChI is InChI=1S/C26H37ClN4O4/c1-26(2,3)35-25(33)30-9-10-34-16-23(30)21-12-18(27)11-17-7-8-29(15-22(17)21)24(32)31-19-5-6-20(31)14-28(4)13-19/h11-12,19-20,23H,5-10,13-16H2,1-4H3/t19?,20?,23-/m0/s1. The van der Waals surface area contributed by atoms with Crippen LogP contribution in [-0.2, 0) is 22.4 Å². The lowest BCUT2D eigenvalue weighted by molar-refractivity contribution is -0.0334. The van der Waals surface area contributed by atoms with Crippen LogP contribution in [0.5, 0.6) is 0 Å². The van der Waals surface area contributed by atoms with Crippen LogP contribution in [0.1, 0.15) is 56.3 Å². The molecule has 0 radical (unpaired) electrons. The lowest BCUT2D eigenvalue weighted by atomic mass is 9.90. The first-order chi connectivity index (χ1) is 16.6. The van der Waals surface area contributed by atoms with Crippen molar-refractivity contribution < 1.29 is 19.1 Å². The van der Waals surface area contributed by atoms with E-state index in [1.807, 2.05) is 37.8 Å². The minimum absolute atomic E-state index is 0.140. The summed E-state index contributed by atoms with van der Waals surface area (Å²) in [7, 11) is 2.14. The molecular weight excluding hydrogens is 468 g/mol. The van der Waals surface area contributed by atoms with E-state index in [2.05, 4.69) is 16.8 Å². The average Bonchev–Trinajstić information content (AvgIpc) is 3.07. The van der Waals surface area contributed by atoms with E-state index in [-0.39, 0.29) is 18.2 Å². The molecule has 2 bridgehead atoms. The van der Waals surface area contributed by atoms with E-state index in [1.165, 1.54) is 0 Å². The number of carbonyl (C=O) groups excluding carboxylic acids is 2. The van der Waals surface area contributed by atoms with Crippen LogP contribution in [0.3, 0.4) is 0 Å². The number of benzene rings is 1. The molecule has 1 aromatic rings. The van der Waals surface area contributed by atoms with Crippen molar-refractivity contribution >= 4 is 23.7 Å². The Morgan fingerprint density at radius 1 is 1.11 bits per heavy atom. The molecule has 3 atom stereocenters. The summed E-state index contributed by atoms with van der Waals surface area (Å²) >= 11 is 6.55. The van der Waals surface area contributed by atoms with Crippen LogP contribution in [0.2, 0.25) is 5.02 Å². The summed E-state index contributed by atoms with van der Waals surface area (Å²) in [4.78, 5) is 35.0. The quantitative estimate of drug-likeness (QED) is 0.580. The summed E-state index contributed by atoms with van der Waals surface area (Å²) in [6, 6.07) is 4.37. The first-order valence-electron chi connectivity index (χ1n) is 12.7. The molecule has 3 fully saturated rings. The monoisotopic (exact) mass is 504 g/mol. The molecule has 3 saturated heterocycles. The van der Waals surface area contributed by atoms with Gasteiger partial charge in [-0.3, -0.25) is 4.90 Å². The number of rotatable bonds is 1. The SMILES string of the molecule is CN1CC2CCC(C1)N2C(=O)N1CCc2cc(Cl)cc([C@@H]3COCCN3C(=O)OC(C)(C)C)c2C1. The lowest BCUT2D eigenvalue weighted by Crippen LogP contribution is -2.58. The molecule has 3 amide bonds. The maximum absolute atomic E-state index is 13.7. The first kappa shape index (κ1) is 24.7. The number of likely N-dealkylation sites (N-methyl/N-ethyl adjacent to an activating group) is 1. The Morgan fingerprint density at radius 2 is 1.83 bits per heavy atom. The normalized spacial score (nSPS) is 27.1. The molecular formula is C26H37ClN4O4. The van der Waals surface area contributed by atoms with E-state index >= 15 is 0 Å². The number of piperazine rings is 1. The molecule has 4 heterocycles. The molecule has 8 nitrogen and oxygen atoms in total. The fourth-order valence-corrected chi connectivity index (χ4v) is 6.36. The molecule has 9 heteroatoms. The number of hydrogen-bond acceptors (Lipinski definition) is 5. The Morgan fingerprint density at radius 3 is 2.51 bits per heavy atom. The van der Waals surface area contributed by atoms with E-state index in [1.54, 1.807) is 4.90 Å². The van der Waals surface area contributed by atoms with Gasteiger partial charge in [0.25, 0.3) is 0 Å². The smallest absolute Gasteiger partial charge is 0.410 e. The molecule has 0 N–H and O–H groups in total. The maximum atomic E-state index is 13.7. The van der Waals surface area contributed by atoms with Gasteiger partial charge in [0.15, 0.2) is 0 Å². The summed E-state index contributed by atoms with van der Waals surface area (Å²) in [5, 5.41) is 0.644. The summed E-state index contributed by atoms with van der Waals surface area (Å²) < 4.78 is 11.5. The zero-order chi connectivity index (χ0) is 24.9. The van der Waals surface area contributed by atoms with Crippen molar-refractivity contribution in [1.82, 2.24) is 19.6 Å². The van der Waals surface area contributed by atoms with Gasteiger partial charge in [0.05, 0.1) is 19.3 Å². The first-order valence-corrected chi connectivity index (χ1v) is 13.1. The Labute approximate surface area is 213 Å². The number of nitrogens with zero attached hydrogens (tertiary/aromatic N) is 4. The van der Waals surface area contributed by atoms with Gasteiger partial charge in [-0.25, -0.2) is 9.59 Å². The van der Waals surface area contributed by atoms with Crippen molar-refractivity contribution in [2.75, 3.05) is 46.4 Å². The molecule has 0 aliphatic carbocycles. The molecule has 4 aliphatic rings. The average molecular weight is 505 g/mol. The van der Waals surface area contributed by atoms with E-state index in [9.17, 15) is 9.59 Å². The predicted octanol–water partition coefficient (Wildman–Crippen LogP) is 3.90. The third-order valence-electron chi connectivity index (χ3n) is 7.61. The number of halogens is 1. The zero-order valence-electron chi connectivity index (χ0n) is 21.3. The largest absolute Gasteiger partial charge is 0.444 e. The Hall–Kier alpha value is -2.03. The minimum atomic E-state index is -0.585. The molecule has 0 spiro atoms. The summed E-state index contributed by atoms with van der Waals surface area (Å²) in [6.07, 6.45) is 2.56. The number of hydrogen-bond donors (Lipinski definition) is 0. The number of ether oxygens (including phenoxy) is 2. The molecule has 0 aromatic heterocycles. The van der Waals surface area contributed by atoms with Crippen LogP contribution in [-0.4, -0.2) is 95.8 Å². The van der Waals surface area contributed by atoms with Crippen molar-refractivity contribution in [2.24, 2.45) is 0 Å². The summed E-state index contributed by atoms with van der Waals surface area (Å²) in [6.45, 7) is 9.99. The highest BCUT2D eigenvalue weighted by molar-refractivity contribution is 6.30. The van der Waals surface area contributed by atoms with Gasteiger partial charge < -0.3 is 24.2 Å². The van der Waals surface area contributed by atoms with Crippen molar-refractivity contribution in [3.63, 3.8) is 0 Å². The van der Waals surface area contributed by atoms with E-state index in [0.29, 0.717) is 50.0 Å². The van der Waals surface area contributed by atoms with Crippen LogP contribution < -0.4 is 0 Å². The molecule has 1 aromatic carbocycles. The van der Waals surface area contributed by atoms with Crippen molar-refractivity contribution in [3.8, 4) is 0 Å². The van der Waals surface area contributed by atoms with Crippen molar-refractivity contribution in [3.05, 3.63) is 33.8 Å². The van der Waals surface area contributed by atoms with Crippen LogP contribution in [0.25, 0.3) is 0 Å². The number of carbonyl (C=O) groups is 2. The Kier molecular flexibility index (Phi) is 6.66. The van der Waals surface area contributed by atoms with Crippen LogP contribution in [0, 0.1) is 0 Å². The molecule has 35 heavy (non-hydrogen) atoms. The highest BCUT2D eigenvalue weighted by Gasteiger charge is 2.44. The molecule has 4 aliphatic heterocycles. The van der Waals surface area contributed by atoms with Gasteiger partial charge >= 0.3 is 12.1 Å². The fourth-order valence-electron chi connectivity index (χ4n) is 6.11. The second-order valence-corrected chi connectivity index (χ2v) is 11.8. The number of fused-ring (bicyclic) bond motifs is 3. The van der Waals surface area contributed by atoms with Gasteiger partial charge in [-0.05, 0) is 75.9 Å². The molecule has 192 valence electrons. The third-order valence-corrected chi connectivity index (χ3v) is 7.83. The van der Waals surface area contributed by atoms with Crippen LogP contribution >= 0.6 is 11.6 Å². The number of amides is 3. The van der Waals surface area contributed by atoms with Crippen LogP contribution in [0.15, 0.2) is 12.1 Å². The van der Waals surface area contributed by atoms with Crippen molar-refractivity contribution in [2.45, 2.75) is 70.3 Å². The van der Waals surface area contributed by atoms with E-state index in [4.69, 9.17) is 21.1 Å². The van der Waals surface area contributed by atoms with Gasteiger partial charge in [-0.2, -0.15) is 0 Å². The lowest BCUT2D eigenvalue weighted by Gasteiger charge is -2.43. The minimum Gasteiger partial charge on any atom is -0.444 e. The predicted molar refractivity (Wildman–Crippen MR) is 134 cm³/mol. The highest BCUT2D eigenvalue weighted by Crippen LogP contribution is 2.37. The van der Waals surface area contributed by atoms with Crippen LogP contribution in [0.4, 0.5) is 9.59 Å². The Balaban J connectivity index is 1.41. The molecule has 0 saturated carbocycles.